The van der Waals surface area contributed by atoms with E-state index in [1.807, 2.05) is 6.08 Å². The van der Waals surface area contributed by atoms with Crippen LogP contribution in [0.5, 0.6) is 0 Å². The Morgan fingerprint density at radius 1 is 1.29 bits per heavy atom. The summed E-state index contributed by atoms with van der Waals surface area (Å²) in [5.41, 5.74) is -1.52. The predicted octanol–water partition coefficient (Wildman–Crippen LogP) is -0.397. The van der Waals surface area contributed by atoms with Gasteiger partial charge in [0, 0.05) is 25.5 Å². The smallest absolute Gasteiger partial charge is 0.405 e. The number of rotatable bonds is 5. The first-order valence-corrected chi connectivity index (χ1v) is 14.5. The van der Waals surface area contributed by atoms with E-state index in [0.717, 1.165) is 4.90 Å². The van der Waals surface area contributed by atoms with Gasteiger partial charge in [-0.15, -0.1) is 0 Å². The number of aliphatic hydroxyl groups excluding tert-OH is 1. The van der Waals surface area contributed by atoms with E-state index >= 15 is 0 Å². The fraction of sp³-hybridized carbons (Fsp3) is 0.750. The van der Waals surface area contributed by atoms with E-state index in [1.54, 1.807) is 19.9 Å². The molecule has 3 fully saturated rings. The number of allylic oxidation sites excluding steroid dienone is 1. The molecule has 4 rings (SSSR count). The van der Waals surface area contributed by atoms with Crippen molar-refractivity contribution >= 4 is 33.8 Å². The molecule has 0 bridgehead atoms. The molecule has 38 heavy (non-hydrogen) atoms. The van der Waals surface area contributed by atoms with E-state index < -0.39 is 74.3 Å². The molecule has 6 atom stereocenters. The van der Waals surface area contributed by atoms with Crippen LogP contribution in [0.3, 0.4) is 0 Å². The molecule has 2 aliphatic heterocycles. The zero-order valence-corrected chi connectivity index (χ0v) is 22.3. The van der Waals surface area contributed by atoms with Crippen LogP contribution < -0.4 is 15.4 Å². The molecule has 1 saturated heterocycles. The van der Waals surface area contributed by atoms with Gasteiger partial charge in [-0.3, -0.25) is 19.1 Å². The van der Waals surface area contributed by atoms with E-state index in [4.69, 9.17) is 4.74 Å². The average molecular weight is 557 g/mol. The van der Waals surface area contributed by atoms with Crippen LogP contribution in [-0.4, -0.2) is 95.1 Å². The Morgan fingerprint density at radius 3 is 2.63 bits per heavy atom. The number of hydrogen-bond acceptors (Lipinski definition) is 8. The third-order valence-corrected chi connectivity index (χ3v) is 10.2. The topological polar surface area (TPSA) is 191 Å². The Balaban J connectivity index is 1.63. The second-order valence-electron chi connectivity index (χ2n) is 10.9. The number of amides is 4. The molecule has 212 valence electrons. The maximum atomic E-state index is 13.5. The van der Waals surface area contributed by atoms with Crippen LogP contribution >= 0.6 is 0 Å². The Kier molecular flexibility index (Phi) is 7.79. The van der Waals surface area contributed by atoms with Crippen LogP contribution in [-0.2, 0) is 29.1 Å². The molecule has 13 nitrogen and oxygen atoms in total. The van der Waals surface area contributed by atoms with Crippen molar-refractivity contribution in [1.82, 2.24) is 20.3 Å². The maximum absolute atomic E-state index is 13.5. The van der Waals surface area contributed by atoms with E-state index in [0.29, 0.717) is 32.1 Å². The number of carbonyl (C=O) groups excluding carboxylic acids is 3. The molecule has 2 saturated carbocycles. The summed E-state index contributed by atoms with van der Waals surface area (Å²) in [4.78, 5) is 52.9. The highest BCUT2D eigenvalue weighted by atomic mass is 32.2. The summed E-state index contributed by atoms with van der Waals surface area (Å²) in [6.07, 6.45) is 2.66. The van der Waals surface area contributed by atoms with E-state index in [-0.39, 0.29) is 26.0 Å². The summed E-state index contributed by atoms with van der Waals surface area (Å²) < 4.78 is 32.5. The van der Waals surface area contributed by atoms with Gasteiger partial charge in [-0.1, -0.05) is 19.1 Å². The fourth-order valence-electron chi connectivity index (χ4n) is 5.14. The summed E-state index contributed by atoms with van der Waals surface area (Å²) in [5.74, 6) is -2.75. The van der Waals surface area contributed by atoms with Crippen LogP contribution in [0.4, 0.5) is 4.79 Å². The van der Waals surface area contributed by atoms with Gasteiger partial charge in [0.15, 0.2) is 0 Å². The average Bonchev–Trinajstić information content (AvgIpc) is 3.72. The third kappa shape index (κ3) is 5.52. The largest absolute Gasteiger partial charge is 0.465 e. The van der Waals surface area contributed by atoms with Gasteiger partial charge in [-0.2, -0.15) is 0 Å². The van der Waals surface area contributed by atoms with Crippen molar-refractivity contribution in [3.63, 3.8) is 0 Å². The normalized spacial score (nSPS) is 36.0. The zero-order chi connectivity index (χ0) is 27.9. The lowest BCUT2D eigenvalue weighted by Gasteiger charge is -2.32. The molecule has 14 heteroatoms. The van der Waals surface area contributed by atoms with Crippen LogP contribution in [0.1, 0.15) is 58.8 Å². The molecule has 4 aliphatic rings. The minimum absolute atomic E-state index is 0.121. The molecule has 5 N–H and O–H groups in total. The highest BCUT2D eigenvalue weighted by molar-refractivity contribution is 7.91. The van der Waals surface area contributed by atoms with Gasteiger partial charge in [-0.25, -0.2) is 13.2 Å². The van der Waals surface area contributed by atoms with Crippen molar-refractivity contribution in [3.05, 3.63) is 12.2 Å². The molecule has 0 spiro atoms. The van der Waals surface area contributed by atoms with Crippen LogP contribution in [0.25, 0.3) is 0 Å². The number of fused-ring (bicyclic) bond motifs is 2. The standard InChI is InChI=1S/C24H36N4O9S/c1-3-17-18(25-22(33)34)20(31)28-13-15(29)11-16(28)19(30)26-24(12-14(24)7-5-4-6-10-37-17)21(32)27-38(35,36)23(2)8-9-23/h5,7,14-18,25,29H,3-4,6,8-13H2,1-2H3,(H,26,30)(H,27,32)(H,33,34)/b7-5-/t14-,15-,16+,17+,18+,24-/m1/s1. The number of ether oxygens (including phenoxy) is 1. The van der Waals surface area contributed by atoms with Crippen LogP contribution in [0, 0.1) is 5.92 Å². The highest BCUT2D eigenvalue weighted by Gasteiger charge is 2.63. The SMILES string of the molecule is CC[C@@H]1OCCC/C=C\[C@@H]2C[C@@]2(C(=O)NS(=O)(=O)C2(C)CC2)NC(=O)[C@@H]2C[C@@H](O)CN2C(=O)[C@H]1NC(=O)O. The quantitative estimate of drug-likeness (QED) is 0.280. The molecule has 0 unspecified atom stereocenters. The Morgan fingerprint density at radius 2 is 2.00 bits per heavy atom. The minimum atomic E-state index is -3.95. The van der Waals surface area contributed by atoms with Crippen molar-refractivity contribution in [2.75, 3.05) is 13.2 Å². The molecule has 0 aromatic rings. The number of carboxylic acid groups (broad SMARTS) is 1. The first kappa shape index (κ1) is 28.3. The molecule has 0 aromatic heterocycles. The predicted molar refractivity (Wildman–Crippen MR) is 133 cm³/mol. The highest BCUT2D eigenvalue weighted by Crippen LogP contribution is 2.47. The summed E-state index contributed by atoms with van der Waals surface area (Å²) in [7, 11) is -3.95. The van der Waals surface area contributed by atoms with Gasteiger partial charge in [0.2, 0.25) is 21.8 Å². The number of nitrogens with one attached hydrogen (secondary N) is 3. The second kappa shape index (κ2) is 10.5. The maximum Gasteiger partial charge on any atom is 0.405 e. The van der Waals surface area contributed by atoms with Crippen molar-refractivity contribution in [2.45, 2.75) is 93.4 Å². The lowest BCUT2D eigenvalue weighted by Crippen LogP contribution is -2.60. The number of carbonyl (C=O) groups is 4. The first-order valence-electron chi connectivity index (χ1n) is 13.0. The monoisotopic (exact) mass is 556 g/mol. The molecule has 0 aromatic carbocycles. The number of sulfonamides is 1. The van der Waals surface area contributed by atoms with Crippen molar-refractivity contribution < 1.29 is 42.5 Å². The van der Waals surface area contributed by atoms with Gasteiger partial charge in [0.25, 0.3) is 5.91 Å². The minimum Gasteiger partial charge on any atom is -0.465 e. The number of hydrogen-bond donors (Lipinski definition) is 5. The molecule has 2 heterocycles. The van der Waals surface area contributed by atoms with Gasteiger partial charge >= 0.3 is 6.09 Å². The lowest BCUT2D eigenvalue weighted by molar-refractivity contribution is -0.144. The Labute approximate surface area is 221 Å². The Bertz CT molecular complexity index is 1120. The van der Waals surface area contributed by atoms with E-state index in [9.17, 15) is 37.8 Å². The molecule has 2 aliphatic carbocycles. The van der Waals surface area contributed by atoms with Gasteiger partial charge in [-0.05, 0) is 45.4 Å². The lowest BCUT2D eigenvalue weighted by atomic mass is 10.1. The second-order valence-corrected chi connectivity index (χ2v) is 13.1. The Hall–Kier alpha value is -2.71. The van der Waals surface area contributed by atoms with Crippen molar-refractivity contribution in [2.24, 2.45) is 5.92 Å². The zero-order valence-electron chi connectivity index (χ0n) is 21.5. The molecule has 4 amide bonds. The summed E-state index contributed by atoms with van der Waals surface area (Å²) in [6, 6.07) is -2.50. The third-order valence-electron chi connectivity index (χ3n) is 8.00. The van der Waals surface area contributed by atoms with Crippen LogP contribution in [0.15, 0.2) is 12.2 Å². The molecular formula is C24H36N4O9S. The van der Waals surface area contributed by atoms with Gasteiger partial charge < -0.3 is 30.5 Å². The summed E-state index contributed by atoms with van der Waals surface area (Å²) >= 11 is 0. The first-order chi connectivity index (χ1) is 17.8. The van der Waals surface area contributed by atoms with E-state index in [1.165, 1.54) is 0 Å². The van der Waals surface area contributed by atoms with Crippen LogP contribution in [0.2, 0.25) is 0 Å². The fourth-order valence-corrected chi connectivity index (χ4v) is 6.46. The van der Waals surface area contributed by atoms with Gasteiger partial charge in [0.05, 0.1) is 17.0 Å². The number of aliphatic hydroxyl groups is 1. The number of nitrogens with zero attached hydrogens (tertiary/aromatic N) is 1. The molecule has 0 radical (unpaired) electrons. The molecular weight excluding hydrogens is 520 g/mol. The van der Waals surface area contributed by atoms with Crippen molar-refractivity contribution in [3.8, 4) is 0 Å². The van der Waals surface area contributed by atoms with E-state index in [2.05, 4.69) is 15.4 Å². The summed E-state index contributed by atoms with van der Waals surface area (Å²) in [5, 5.41) is 24.6. The summed E-state index contributed by atoms with van der Waals surface area (Å²) in [6.45, 7) is 3.33. The van der Waals surface area contributed by atoms with Gasteiger partial charge in [0.1, 0.15) is 17.6 Å². The van der Waals surface area contributed by atoms with Crippen molar-refractivity contribution in [1.29, 1.82) is 0 Å².